The molecule has 2 aromatic rings. The summed E-state index contributed by atoms with van der Waals surface area (Å²) >= 11 is 0. The molecule has 1 saturated heterocycles. The quantitative estimate of drug-likeness (QED) is 0.584. The first-order chi connectivity index (χ1) is 14.7. The minimum absolute atomic E-state index is 0.349. The summed E-state index contributed by atoms with van der Waals surface area (Å²) in [7, 11) is 0. The highest BCUT2D eigenvalue weighted by molar-refractivity contribution is 5.94. The van der Waals surface area contributed by atoms with Gasteiger partial charge in [0.05, 0.1) is 0 Å². The standard InChI is InChI=1S/C23H24N2O5/c26-22(24-18-5-7-19(8-6-18)25-11-1-2-12-25)16-30-23(27)10-4-17-3-9-20-21(15-17)29-14-13-28-20/h3-10,15H,1-2,11-14,16H2,(H,24,26)/b10-4+. The minimum atomic E-state index is -0.593. The Bertz CT molecular complexity index is 933. The molecule has 0 atom stereocenters. The Morgan fingerprint density at radius 1 is 1.00 bits per heavy atom. The van der Waals surface area contributed by atoms with E-state index in [1.54, 1.807) is 18.2 Å². The number of hydrogen-bond donors (Lipinski definition) is 1. The van der Waals surface area contributed by atoms with E-state index >= 15 is 0 Å². The molecule has 1 N–H and O–H groups in total. The molecule has 0 unspecified atom stereocenters. The van der Waals surface area contributed by atoms with Crippen LogP contribution in [0, 0.1) is 0 Å². The summed E-state index contributed by atoms with van der Waals surface area (Å²) in [5, 5.41) is 2.73. The third kappa shape index (κ3) is 5.11. The zero-order valence-electron chi connectivity index (χ0n) is 16.6. The van der Waals surface area contributed by atoms with Gasteiger partial charge < -0.3 is 24.4 Å². The number of carbonyl (C=O) groups is 2. The molecule has 2 heterocycles. The molecule has 0 spiro atoms. The van der Waals surface area contributed by atoms with Gasteiger partial charge in [-0.15, -0.1) is 0 Å². The fourth-order valence-corrected chi connectivity index (χ4v) is 3.44. The molecule has 7 nitrogen and oxygen atoms in total. The predicted octanol–water partition coefficient (Wildman–Crippen LogP) is 3.25. The Labute approximate surface area is 175 Å². The van der Waals surface area contributed by atoms with E-state index in [0.29, 0.717) is 30.4 Å². The number of ether oxygens (including phenoxy) is 3. The summed E-state index contributed by atoms with van der Waals surface area (Å²) < 4.78 is 16.0. The SMILES string of the molecule is O=C(COC(=O)/C=C/c1ccc2c(c1)OCCO2)Nc1ccc(N2CCCC2)cc1. The molecule has 1 fully saturated rings. The van der Waals surface area contributed by atoms with Crippen molar-refractivity contribution < 1.29 is 23.8 Å². The Balaban J connectivity index is 1.23. The minimum Gasteiger partial charge on any atom is -0.486 e. The number of carbonyl (C=O) groups excluding carboxylic acids is 2. The molecule has 0 bridgehead atoms. The molecule has 1 amide bonds. The third-order valence-corrected chi connectivity index (χ3v) is 4.95. The summed E-state index contributed by atoms with van der Waals surface area (Å²) in [6.45, 7) is 2.82. The van der Waals surface area contributed by atoms with Crippen molar-refractivity contribution in [3.8, 4) is 11.5 Å². The van der Waals surface area contributed by atoms with Gasteiger partial charge in [-0.1, -0.05) is 6.07 Å². The van der Waals surface area contributed by atoms with Crippen LogP contribution in [0.25, 0.3) is 6.08 Å². The number of hydrogen-bond acceptors (Lipinski definition) is 6. The molecule has 30 heavy (non-hydrogen) atoms. The predicted molar refractivity (Wildman–Crippen MR) is 114 cm³/mol. The molecule has 2 aliphatic rings. The number of amides is 1. The van der Waals surface area contributed by atoms with Gasteiger partial charge in [-0.25, -0.2) is 4.79 Å². The van der Waals surface area contributed by atoms with Gasteiger partial charge in [-0.2, -0.15) is 0 Å². The summed E-state index contributed by atoms with van der Waals surface area (Å²) in [5.74, 6) is 0.354. The highest BCUT2D eigenvalue weighted by atomic mass is 16.6. The summed E-state index contributed by atoms with van der Waals surface area (Å²) in [5.41, 5.74) is 2.60. The fourth-order valence-electron chi connectivity index (χ4n) is 3.44. The van der Waals surface area contributed by atoms with Gasteiger partial charge in [0.25, 0.3) is 5.91 Å². The van der Waals surface area contributed by atoms with Crippen LogP contribution in [0.5, 0.6) is 11.5 Å². The van der Waals surface area contributed by atoms with E-state index in [4.69, 9.17) is 14.2 Å². The van der Waals surface area contributed by atoms with Crippen LogP contribution >= 0.6 is 0 Å². The first kappa shape index (κ1) is 19.8. The molecule has 2 aromatic carbocycles. The highest BCUT2D eigenvalue weighted by Crippen LogP contribution is 2.31. The maximum atomic E-state index is 12.0. The van der Waals surface area contributed by atoms with Crippen molar-refractivity contribution in [2.24, 2.45) is 0 Å². The van der Waals surface area contributed by atoms with Gasteiger partial charge in [0.2, 0.25) is 0 Å². The smallest absolute Gasteiger partial charge is 0.331 e. The zero-order chi connectivity index (χ0) is 20.8. The van der Waals surface area contributed by atoms with Crippen LogP contribution in [-0.2, 0) is 14.3 Å². The van der Waals surface area contributed by atoms with Gasteiger partial charge in [0.15, 0.2) is 18.1 Å². The van der Waals surface area contributed by atoms with E-state index < -0.39 is 5.97 Å². The first-order valence-corrected chi connectivity index (χ1v) is 10.1. The maximum Gasteiger partial charge on any atom is 0.331 e. The molecular formula is C23H24N2O5. The number of rotatable bonds is 6. The van der Waals surface area contributed by atoms with Crippen LogP contribution in [-0.4, -0.2) is 44.8 Å². The van der Waals surface area contributed by atoms with Crippen LogP contribution < -0.4 is 19.7 Å². The fraction of sp³-hybridized carbons (Fsp3) is 0.304. The normalized spacial score (nSPS) is 15.3. The Kier molecular flexibility index (Phi) is 6.17. The number of nitrogens with one attached hydrogen (secondary N) is 1. The Hall–Kier alpha value is -3.48. The lowest BCUT2D eigenvalue weighted by atomic mass is 10.2. The molecule has 2 aliphatic heterocycles. The highest BCUT2D eigenvalue weighted by Gasteiger charge is 2.13. The van der Waals surface area contributed by atoms with E-state index in [0.717, 1.165) is 24.3 Å². The average molecular weight is 408 g/mol. The van der Waals surface area contributed by atoms with Gasteiger partial charge in [-0.3, -0.25) is 4.79 Å². The lowest BCUT2D eigenvalue weighted by Crippen LogP contribution is -2.20. The molecule has 0 aliphatic carbocycles. The lowest BCUT2D eigenvalue weighted by Gasteiger charge is -2.18. The van der Waals surface area contributed by atoms with Crippen molar-refractivity contribution in [1.82, 2.24) is 0 Å². The molecular weight excluding hydrogens is 384 g/mol. The van der Waals surface area contributed by atoms with Crippen molar-refractivity contribution in [3.63, 3.8) is 0 Å². The Morgan fingerprint density at radius 3 is 2.50 bits per heavy atom. The van der Waals surface area contributed by atoms with Crippen LogP contribution in [0.15, 0.2) is 48.5 Å². The summed E-state index contributed by atoms with van der Waals surface area (Å²) in [4.78, 5) is 26.3. The van der Waals surface area contributed by atoms with Crippen LogP contribution in [0.3, 0.4) is 0 Å². The largest absolute Gasteiger partial charge is 0.486 e. The second-order valence-electron chi connectivity index (χ2n) is 7.13. The van der Waals surface area contributed by atoms with E-state index in [1.165, 1.54) is 18.9 Å². The molecule has 156 valence electrons. The monoisotopic (exact) mass is 408 g/mol. The number of anilines is 2. The third-order valence-electron chi connectivity index (χ3n) is 4.95. The van der Waals surface area contributed by atoms with Crippen LogP contribution in [0.1, 0.15) is 18.4 Å². The van der Waals surface area contributed by atoms with Crippen molar-refractivity contribution in [3.05, 3.63) is 54.1 Å². The number of benzene rings is 2. The zero-order valence-corrected chi connectivity index (χ0v) is 16.6. The van der Waals surface area contributed by atoms with Crippen molar-refractivity contribution in [1.29, 1.82) is 0 Å². The topological polar surface area (TPSA) is 77.1 Å². The number of fused-ring (bicyclic) bond motifs is 1. The van der Waals surface area contributed by atoms with Gasteiger partial charge >= 0.3 is 5.97 Å². The number of nitrogens with zero attached hydrogens (tertiary/aromatic N) is 1. The summed E-state index contributed by atoms with van der Waals surface area (Å²) in [6, 6.07) is 13.1. The molecule has 7 heteroatoms. The van der Waals surface area contributed by atoms with Gasteiger partial charge in [0.1, 0.15) is 13.2 Å². The van der Waals surface area contributed by atoms with E-state index in [-0.39, 0.29) is 12.5 Å². The lowest BCUT2D eigenvalue weighted by molar-refractivity contribution is -0.142. The van der Waals surface area contributed by atoms with Crippen molar-refractivity contribution in [2.75, 3.05) is 43.1 Å². The molecule has 4 rings (SSSR count). The van der Waals surface area contributed by atoms with E-state index in [9.17, 15) is 9.59 Å². The van der Waals surface area contributed by atoms with E-state index in [2.05, 4.69) is 10.2 Å². The van der Waals surface area contributed by atoms with Gasteiger partial charge in [0, 0.05) is 30.5 Å². The molecule has 0 saturated carbocycles. The maximum absolute atomic E-state index is 12.0. The molecule has 0 aromatic heterocycles. The van der Waals surface area contributed by atoms with Crippen LogP contribution in [0.2, 0.25) is 0 Å². The average Bonchev–Trinajstić information content (AvgIpc) is 3.31. The molecule has 0 radical (unpaired) electrons. The van der Waals surface area contributed by atoms with Crippen molar-refractivity contribution >= 4 is 29.3 Å². The number of esters is 1. The second kappa shape index (κ2) is 9.35. The summed E-state index contributed by atoms with van der Waals surface area (Å²) in [6.07, 6.45) is 5.32. The second-order valence-corrected chi connectivity index (χ2v) is 7.13. The Morgan fingerprint density at radius 2 is 1.73 bits per heavy atom. The van der Waals surface area contributed by atoms with Crippen molar-refractivity contribution in [2.45, 2.75) is 12.8 Å². The van der Waals surface area contributed by atoms with Crippen LogP contribution in [0.4, 0.5) is 11.4 Å². The first-order valence-electron chi connectivity index (χ1n) is 10.1. The van der Waals surface area contributed by atoms with E-state index in [1.807, 2.05) is 30.3 Å². The van der Waals surface area contributed by atoms with Gasteiger partial charge in [-0.05, 0) is 60.9 Å².